The summed E-state index contributed by atoms with van der Waals surface area (Å²) in [5.41, 5.74) is 0.359. The lowest BCUT2D eigenvalue weighted by Gasteiger charge is -2.33. The van der Waals surface area contributed by atoms with Gasteiger partial charge >= 0.3 is 0 Å². The largest absolute Gasteiger partial charge is 0.375 e. The number of carbonyl (C=O) groups is 2. The lowest BCUT2D eigenvalue weighted by atomic mass is 10.1. The van der Waals surface area contributed by atoms with Gasteiger partial charge in [-0.3, -0.25) is 14.5 Å². The van der Waals surface area contributed by atoms with E-state index >= 15 is 4.39 Å². The Morgan fingerprint density at radius 2 is 2.23 bits per heavy atom. The summed E-state index contributed by atoms with van der Waals surface area (Å²) in [5.74, 6) is 0.246. The fourth-order valence-corrected chi connectivity index (χ4v) is 4.39. The summed E-state index contributed by atoms with van der Waals surface area (Å²) in [7, 11) is 0. The number of thioether (sulfide) groups is 1. The summed E-state index contributed by atoms with van der Waals surface area (Å²) in [4.78, 5) is 27.1. The molecular weight excluding hydrogens is 361 g/mol. The number of anilines is 2. The number of aldehydes is 1. The molecule has 0 aliphatic carbocycles. The highest BCUT2D eigenvalue weighted by atomic mass is 32.2. The molecule has 2 fully saturated rings. The highest BCUT2D eigenvalue weighted by Gasteiger charge is 2.35. The van der Waals surface area contributed by atoms with Crippen molar-refractivity contribution >= 4 is 45.8 Å². The van der Waals surface area contributed by atoms with Crippen LogP contribution in [0.5, 0.6) is 0 Å². The van der Waals surface area contributed by atoms with Crippen LogP contribution in [0.15, 0.2) is 10.6 Å². The molecule has 0 spiro atoms. The van der Waals surface area contributed by atoms with Crippen LogP contribution in [0.3, 0.4) is 0 Å². The zero-order valence-electron chi connectivity index (χ0n) is 14.4. The summed E-state index contributed by atoms with van der Waals surface area (Å²) in [6, 6.07) is 1.47. The van der Waals surface area contributed by atoms with E-state index in [1.807, 2.05) is 13.8 Å². The average molecular weight is 379 g/mol. The van der Waals surface area contributed by atoms with Crippen LogP contribution < -0.4 is 9.80 Å². The number of amides is 1. The van der Waals surface area contributed by atoms with Crippen molar-refractivity contribution in [1.29, 1.82) is 0 Å². The molecule has 0 N–H and O–H groups in total. The van der Waals surface area contributed by atoms with Crippen molar-refractivity contribution in [3.63, 3.8) is 0 Å². The van der Waals surface area contributed by atoms with Gasteiger partial charge in [-0.1, -0.05) is 16.9 Å². The van der Waals surface area contributed by atoms with E-state index in [1.54, 1.807) is 11.0 Å². The smallest absolute Gasteiger partial charge is 0.287 e. The number of morpholine rings is 1. The minimum Gasteiger partial charge on any atom is -0.375 e. The highest BCUT2D eigenvalue weighted by Crippen LogP contribution is 2.39. The van der Waals surface area contributed by atoms with Gasteiger partial charge in [0.05, 0.1) is 23.8 Å². The maximum Gasteiger partial charge on any atom is 0.287 e. The Morgan fingerprint density at radius 3 is 2.88 bits per heavy atom. The normalized spacial score (nSPS) is 23.9. The summed E-state index contributed by atoms with van der Waals surface area (Å²) in [6.45, 7) is 5.19. The van der Waals surface area contributed by atoms with Crippen molar-refractivity contribution in [1.82, 2.24) is 5.16 Å². The van der Waals surface area contributed by atoms with Gasteiger partial charge in [-0.05, 0) is 19.9 Å². The van der Waals surface area contributed by atoms with Crippen molar-refractivity contribution in [3.8, 4) is 0 Å². The number of carbonyl (C=O) groups excluding carboxylic acids is 2. The van der Waals surface area contributed by atoms with E-state index in [-0.39, 0.29) is 40.0 Å². The first kappa shape index (κ1) is 17.3. The number of rotatable bonds is 3. The zero-order chi connectivity index (χ0) is 18.4. The Bertz CT molecular complexity index is 887. The summed E-state index contributed by atoms with van der Waals surface area (Å²) in [5, 5.41) is 4.10. The Morgan fingerprint density at radius 1 is 1.42 bits per heavy atom. The SMILES string of the molecule is CC1CN(c2c(C=O)cc3c(N4C(=O)SCC4C)noc3c2F)CCO1. The van der Waals surface area contributed by atoms with Gasteiger partial charge in [0.15, 0.2) is 17.9 Å². The number of fused-ring (bicyclic) bond motifs is 1. The molecule has 26 heavy (non-hydrogen) atoms. The molecule has 1 aromatic heterocycles. The second-order valence-electron chi connectivity index (χ2n) is 6.55. The van der Waals surface area contributed by atoms with E-state index < -0.39 is 5.82 Å². The van der Waals surface area contributed by atoms with Gasteiger partial charge in [0.2, 0.25) is 5.58 Å². The van der Waals surface area contributed by atoms with Crippen molar-refractivity contribution in [2.45, 2.75) is 26.0 Å². The molecule has 0 radical (unpaired) electrons. The van der Waals surface area contributed by atoms with Crippen molar-refractivity contribution in [2.24, 2.45) is 0 Å². The van der Waals surface area contributed by atoms with Gasteiger partial charge in [0.25, 0.3) is 5.24 Å². The van der Waals surface area contributed by atoms with Gasteiger partial charge in [-0.25, -0.2) is 4.39 Å². The van der Waals surface area contributed by atoms with Crippen LogP contribution in [0, 0.1) is 5.82 Å². The summed E-state index contributed by atoms with van der Waals surface area (Å²) >= 11 is 1.18. The monoisotopic (exact) mass is 379 g/mol. The Labute approximate surface area is 153 Å². The Kier molecular flexibility index (Phi) is 4.36. The number of ether oxygens (including phenoxy) is 1. The van der Waals surface area contributed by atoms with Gasteiger partial charge < -0.3 is 14.2 Å². The first-order valence-corrected chi connectivity index (χ1v) is 9.39. The molecule has 138 valence electrons. The van der Waals surface area contributed by atoms with Crippen LogP contribution in [-0.4, -0.2) is 54.3 Å². The second-order valence-corrected chi connectivity index (χ2v) is 7.52. The van der Waals surface area contributed by atoms with E-state index in [0.29, 0.717) is 37.1 Å². The molecule has 0 bridgehead atoms. The number of aromatic nitrogens is 1. The molecule has 2 aliphatic heterocycles. The van der Waals surface area contributed by atoms with Crippen LogP contribution in [0.4, 0.5) is 20.7 Å². The second kappa shape index (κ2) is 6.55. The quantitative estimate of drug-likeness (QED) is 0.759. The van der Waals surface area contributed by atoms with Crippen molar-refractivity contribution in [2.75, 3.05) is 35.2 Å². The Balaban J connectivity index is 1.85. The van der Waals surface area contributed by atoms with E-state index in [1.165, 1.54) is 16.7 Å². The van der Waals surface area contributed by atoms with Crippen LogP contribution in [0.2, 0.25) is 0 Å². The molecule has 4 rings (SSSR count). The van der Waals surface area contributed by atoms with Gasteiger partial charge in [-0.2, -0.15) is 0 Å². The van der Waals surface area contributed by atoms with E-state index in [4.69, 9.17) is 9.26 Å². The molecule has 7 nitrogen and oxygen atoms in total. The number of halogens is 1. The van der Waals surface area contributed by atoms with E-state index in [9.17, 15) is 9.59 Å². The fourth-order valence-electron chi connectivity index (χ4n) is 3.45. The predicted molar refractivity (Wildman–Crippen MR) is 96.8 cm³/mol. The van der Waals surface area contributed by atoms with E-state index in [2.05, 4.69) is 5.16 Å². The molecule has 3 heterocycles. The molecule has 2 aliphatic rings. The van der Waals surface area contributed by atoms with Gasteiger partial charge in [-0.15, -0.1) is 0 Å². The van der Waals surface area contributed by atoms with Gasteiger partial charge in [0.1, 0.15) is 0 Å². The van der Waals surface area contributed by atoms with Crippen LogP contribution in [0.25, 0.3) is 11.0 Å². The number of benzene rings is 1. The Hall–Kier alpha value is -2.13. The van der Waals surface area contributed by atoms with Crippen LogP contribution >= 0.6 is 11.8 Å². The van der Waals surface area contributed by atoms with Crippen molar-refractivity contribution < 1.29 is 23.2 Å². The fraction of sp³-hybridized carbons (Fsp3) is 0.471. The van der Waals surface area contributed by atoms with Gasteiger partial charge in [0, 0.05) is 30.4 Å². The molecule has 9 heteroatoms. The van der Waals surface area contributed by atoms with Crippen LogP contribution in [-0.2, 0) is 4.74 Å². The molecule has 2 atom stereocenters. The first-order chi connectivity index (χ1) is 12.5. The lowest BCUT2D eigenvalue weighted by Crippen LogP contribution is -2.42. The molecule has 2 unspecified atom stereocenters. The minimum absolute atomic E-state index is 0.0448. The minimum atomic E-state index is -0.635. The number of nitrogens with zero attached hydrogens (tertiary/aromatic N) is 3. The van der Waals surface area contributed by atoms with E-state index in [0.717, 1.165) is 0 Å². The predicted octanol–water partition coefficient (Wildman–Crippen LogP) is 3.07. The molecule has 0 saturated carbocycles. The summed E-state index contributed by atoms with van der Waals surface area (Å²) in [6.07, 6.45) is 0.558. The standard InChI is InChI=1S/C17H18FN3O4S/c1-9-8-26-17(23)21(9)16-12-5-11(7-22)14(13(18)15(12)25-19-16)20-3-4-24-10(2)6-20/h5,7,9-10H,3-4,6,8H2,1-2H3. The molecule has 2 saturated heterocycles. The lowest BCUT2D eigenvalue weighted by molar-refractivity contribution is 0.0529. The molecular formula is C17H18FN3O4S. The average Bonchev–Trinajstić information content (AvgIpc) is 3.17. The van der Waals surface area contributed by atoms with Crippen LogP contribution in [0.1, 0.15) is 24.2 Å². The third kappa shape index (κ3) is 2.66. The van der Waals surface area contributed by atoms with Crippen molar-refractivity contribution in [3.05, 3.63) is 17.4 Å². The first-order valence-electron chi connectivity index (χ1n) is 8.40. The molecule has 1 aromatic carbocycles. The molecule has 2 aromatic rings. The maximum atomic E-state index is 15.2. The highest BCUT2D eigenvalue weighted by molar-refractivity contribution is 8.14. The topological polar surface area (TPSA) is 75.9 Å². The maximum absolute atomic E-state index is 15.2. The zero-order valence-corrected chi connectivity index (χ0v) is 15.2. The number of hydrogen-bond acceptors (Lipinski definition) is 7. The third-order valence-corrected chi connectivity index (χ3v) is 5.78. The summed E-state index contributed by atoms with van der Waals surface area (Å²) < 4.78 is 26.0. The number of hydrogen-bond donors (Lipinski definition) is 0. The third-order valence-electron chi connectivity index (χ3n) is 4.69. The molecule has 1 amide bonds.